The van der Waals surface area contributed by atoms with E-state index in [9.17, 15) is 4.79 Å². The van der Waals surface area contributed by atoms with Crippen LogP contribution in [0.25, 0.3) is 10.9 Å². The Bertz CT molecular complexity index is 1450. The molecule has 0 radical (unpaired) electrons. The Hall–Kier alpha value is -3.16. The van der Waals surface area contributed by atoms with Crippen LogP contribution in [0, 0.1) is 29.1 Å². The van der Waals surface area contributed by atoms with Gasteiger partial charge < -0.3 is 25.1 Å². The summed E-state index contributed by atoms with van der Waals surface area (Å²) in [7, 11) is 0. The van der Waals surface area contributed by atoms with E-state index in [1.165, 1.54) is 6.42 Å². The van der Waals surface area contributed by atoms with Crippen LogP contribution in [0.2, 0.25) is 0 Å². The number of fused-ring (bicyclic) bond motifs is 1. The molecule has 2 aromatic carbocycles. The third-order valence-electron chi connectivity index (χ3n) is 10.8. The highest BCUT2D eigenvalue weighted by molar-refractivity contribution is 6.05. The average molecular weight is 570 g/mol. The van der Waals surface area contributed by atoms with Gasteiger partial charge in [-0.2, -0.15) is 0 Å². The van der Waals surface area contributed by atoms with Gasteiger partial charge in [-0.15, -0.1) is 0 Å². The summed E-state index contributed by atoms with van der Waals surface area (Å²) < 4.78 is 12.9. The summed E-state index contributed by atoms with van der Waals surface area (Å²) in [6.07, 6.45) is 7.66. The van der Waals surface area contributed by atoms with Crippen molar-refractivity contribution in [2.45, 2.75) is 83.3 Å². The van der Waals surface area contributed by atoms with Crippen LogP contribution in [-0.4, -0.2) is 46.2 Å². The van der Waals surface area contributed by atoms with Crippen LogP contribution < -0.4 is 5.73 Å². The molecule has 3 atom stereocenters. The zero-order valence-electron chi connectivity index (χ0n) is 24.9. The molecule has 8 rings (SSSR count). The quantitative estimate of drug-likeness (QED) is 0.354. The molecule has 7 heteroatoms. The lowest BCUT2D eigenvalue weighted by molar-refractivity contribution is -0.301. The molecular formula is C35H43N3O4. The van der Waals surface area contributed by atoms with Crippen molar-refractivity contribution >= 4 is 22.7 Å². The molecule has 1 aromatic heterocycles. The Morgan fingerprint density at radius 2 is 1.62 bits per heavy atom. The minimum absolute atomic E-state index is 0.0385. The molecule has 42 heavy (non-hydrogen) atoms. The van der Waals surface area contributed by atoms with Crippen LogP contribution in [0.1, 0.15) is 70.1 Å². The number of rotatable bonds is 7. The van der Waals surface area contributed by atoms with E-state index in [0.29, 0.717) is 18.4 Å². The molecule has 2 heterocycles. The predicted octanol–water partition coefficient (Wildman–Crippen LogP) is 5.75. The lowest BCUT2D eigenvalue weighted by atomic mass is 9.53. The summed E-state index contributed by atoms with van der Waals surface area (Å²) >= 11 is 0. The molecule has 7 nitrogen and oxygen atoms in total. The van der Waals surface area contributed by atoms with Gasteiger partial charge in [0.2, 0.25) is 11.8 Å². The van der Waals surface area contributed by atoms with Crippen molar-refractivity contribution in [2.75, 3.05) is 6.61 Å². The van der Waals surface area contributed by atoms with Crippen LogP contribution in [0.5, 0.6) is 0 Å². The number of H-pyrrole nitrogens is 1. The number of carbonyl (C=O) groups excluding carboxylic acids is 2. The standard InChI is InChI=1S/C35H43N3O4/c1-34(2)41-20-29(31(42-34)23-9-5-4-6-10-23)38(30-24-14-21-13-22(16-24)17-25(30)15-21)33(40)35(3,32(36)39)18-26-19-37-28-12-8-7-11-27(26)28/h4-12,19,21-22,24-25,29-31,37H,13-18,20H2,1-3H3,(H2,36,39)/t21?,22?,24?,25?,29-,30?,31+,35?/m1/s1. The Balaban J connectivity index is 1.33. The number of hydrogen-bond donors (Lipinski definition) is 2. The number of nitrogens with zero attached hydrogens (tertiary/aromatic N) is 1. The highest BCUT2D eigenvalue weighted by Gasteiger charge is 2.57. The smallest absolute Gasteiger partial charge is 0.239 e. The molecule has 0 spiro atoms. The second-order valence-corrected chi connectivity index (χ2v) is 14.1. The maximum Gasteiger partial charge on any atom is 0.239 e. The Morgan fingerprint density at radius 3 is 2.29 bits per heavy atom. The number of aromatic amines is 1. The normalized spacial score (nSPS) is 32.9. The van der Waals surface area contributed by atoms with E-state index < -0.39 is 17.1 Å². The van der Waals surface area contributed by atoms with Gasteiger partial charge in [-0.3, -0.25) is 9.59 Å². The maximum absolute atomic E-state index is 15.2. The molecular weight excluding hydrogens is 526 g/mol. The minimum atomic E-state index is -1.44. The molecule has 3 aromatic rings. The third kappa shape index (κ3) is 4.65. The van der Waals surface area contributed by atoms with Gasteiger partial charge in [-0.1, -0.05) is 48.5 Å². The van der Waals surface area contributed by atoms with Crippen molar-refractivity contribution in [2.24, 2.45) is 34.8 Å². The van der Waals surface area contributed by atoms with E-state index in [4.69, 9.17) is 15.2 Å². The average Bonchev–Trinajstić information content (AvgIpc) is 3.37. The molecule has 1 unspecified atom stereocenters. The number of primary amides is 1. The van der Waals surface area contributed by atoms with Gasteiger partial charge in [0.15, 0.2) is 5.79 Å². The Kier molecular flexibility index (Phi) is 6.74. The van der Waals surface area contributed by atoms with E-state index in [1.807, 2.05) is 62.5 Å². The van der Waals surface area contributed by atoms with Gasteiger partial charge in [-0.25, -0.2) is 0 Å². The van der Waals surface area contributed by atoms with Gasteiger partial charge in [-0.05, 0) is 100 Å². The Labute approximate surface area is 248 Å². The summed E-state index contributed by atoms with van der Waals surface area (Å²) in [5.74, 6) is 0.738. The van der Waals surface area contributed by atoms with Crippen molar-refractivity contribution in [1.29, 1.82) is 0 Å². The number of aromatic nitrogens is 1. The molecule has 4 aliphatic carbocycles. The molecule has 1 saturated heterocycles. The highest BCUT2D eigenvalue weighted by Crippen LogP contribution is 2.56. The summed E-state index contributed by atoms with van der Waals surface area (Å²) in [6.45, 7) is 5.94. The number of amides is 2. The zero-order valence-corrected chi connectivity index (χ0v) is 24.9. The minimum Gasteiger partial charge on any atom is -0.369 e. The van der Waals surface area contributed by atoms with Gasteiger partial charge in [0.1, 0.15) is 11.5 Å². The third-order valence-corrected chi connectivity index (χ3v) is 10.8. The molecule has 5 fully saturated rings. The van der Waals surface area contributed by atoms with E-state index >= 15 is 4.79 Å². The molecule has 5 aliphatic rings. The van der Waals surface area contributed by atoms with E-state index in [1.54, 1.807) is 6.92 Å². The fourth-order valence-electron chi connectivity index (χ4n) is 9.02. The van der Waals surface area contributed by atoms with E-state index in [0.717, 1.165) is 59.5 Å². The number of benzene rings is 2. The SMILES string of the molecule is CC1(C)OC[C@@H](N(C(=O)C(C)(Cc2c[nH]c3ccccc23)C(N)=O)C2C3CC4CC(C3)CC2C4)[C@H](c2ccccc2)O1. The topological polar surface area (TPSA) is 97.6 Å². The first kappa shape index (κ1) is 27.7. The summed E-state index contributed by atoms with van der Waals surface area (Å²) in [5, 5.41) is 1.01. The Morgan fingerprint density at radius 1 is 0.976 bits per heavy atom. The molecule has 4 saturated carbocycles. The number of carbonyl (C=O) groups is 2. The van der Waals surface area contributed by atoms with Crippen LogP contribution in [0.4, 0.5) is 0 Å². The van der Waals surface area contributed by atoms with Crippen molar-refractivity contribution in [3.8, 4) is 0 Å². The number of para-hydroxylation sites is 1. The van der Waals surface area contributed by atoms with Gasteiger partial charge in [0.05, 0.1) is 12.6 Å². The first-order valence-corrected chi connectivity index (χ1v) is 15.7. The number of hydrogen-bond acceptors (Lipinski definition) is 4. The van der Waals surface area contributed by atoms with Crippen molar-refractivity contribution in [3.63, 3.8) is 0 Å². The summed E-state index contributed by atoms with van der Waals surface area (Å²) in [4.78, 5) is 34.1. The fraction of sp³-hybridized carbons (Fsp3) is 0.543. The molecule has 222 valence electrons. The van der Waals surface area contributed by atoms with Crippen LogP contribution in [0.3, 0.4) is 0 Å². The van der Waals surface area contributed by atoms with Crippen LogP contribution in [-0.2, 0) is 25.5 Å². The van der Waals surface area contributed by atoms with Gasteiger partial charge in [0.25, 0.3) is 0 Å². The summed E-state index contributed by atoms with van der Waals surface area (Å²) in [5.41, 5.74) is 7.67. The number of ether oxygens (including phenoxy) is 2. The van der Waals surface area contributed by atoms with Crippen molar-refractivity contribution < 1.29 is 19.1 Å². The number of nitrogens with two attached hydrogens (primary N) is 1. The fourth-order valence-corrected chi connectivity index (χ4v) is 9.02. The monoisotopic (exact) mass is 569 g/mol. The molecule has 1 aliphatic heterocycles. The predicted molar refractivity (Wildman–Crippen MR) is 161 cm³/mol. The number of nitrogens with one attached hydrogen (secondary N) is 1. The van der Waals surface area contributed by atoms with Gasteiger partial charge >= 0.3 is 0 Å². The van der Waals surface area contributed by atoms with E-state index in [-0.39, 0.29) is 30.5 Å². The second-order valence-electron chi connectivity index (χ2n) is 14.1. The largest absolute Gasteiger partial charge is 0.369 e. The van der Waals surface area contributed by atoms with Crippen molar-refractivity contribution in [3.05, 3.63) is 71.9 Å². The first-order valence-electron chi connectivity index (χ1n) is 15.7. The molecule has 3 N–H and O–H groups in total. The van der Waals surface area contributed by atoms with Crippen molar-refractivity contribution in [1.82, 2.24) is 9.88 Å². The van der Waals surface area contributed by atoms with Crippen LogP contribution >= 0.6 is 0 Å². The van der Waals surface area contributed by atoms with Crippen LogP contribution in [0.15, 0.2) is 60.8 Å². The second kappa shape index (κ2) is 10.2. The zero-order chi connectivity index (χ0) is 29.2. The van der Waals surface area contributed by atoms with Gasteiger partial charge in [0, 0.05) is 23.1 Å². The molecule has 2 amide bonds. The lowest BCUT2D eigenvalue weighted by Gasteiger charge is -2.60. The highest BCUT2D eigenvalue weighted by atomic mass is 16.7. The van der Waals surface area contributed by atoms with E-state index in [2.05, 4.69) is 22.0 Å². The lowest BCUT2D eigenvalue weighted by Crippen LogP contribution is -2.67. The molecule has 4 bridgehead atoms. The summed E-state index contributed by atoms with van der Waals surface area (Å²) in [6, 6.07) is 17.8. The maximum atomic E-state index is 15.2. The first-order chi connectivity index (χ1) is 20.1.